The summed E-state index contributed by atoms with van der Waals surface area (Å²) < 4.78 is 9.42. The molecule has 0 spiro atoms. The molecule has 1 aromatic carbocycles. The molecule has 6 heteroatoms. The smallest absolute Gasteiger partial charge is 0.205 e. The molecule has 0 aliphatic carbocycles. The number of hydrogen-bond donors (Lipinski definition) is 0. The van der Waals surface area contributed by atoms with E-state index in [1.807, 2.05) is 0 Å². The van der Waals surface area contributed by atoms with E-state index < -0.39 is 0 Å². The highest BCUT2D eigenvalue weighted by Gasteiger charge is 2.21. The lowest BCUT2D eigenvalue weighted by atomic mass is 10.1. The number of rotatable bonds is 4. The number of nitrogens with zero attached hydrogens (tertiary/aromatic N) is 4. The molecule has 5 nitrogen and oxygen atoms in total. The zero-order chi connectivity index (χ0) is 15.5. The van der Waals surface area contributed by atoms with Crippen LogP contribution in [0.3, 0.4) is 0 Å². The molecule has 0 unspecified atom stereocenters. The van der Waals surface area contributed by atoms with Crippen molar-refractivity contribution in [3.63, 3.8) is 0 Å². The molecule has 2 heterocycles. The molecule has 0 atom stereocenters. The normalized spacial score (nSPS) is 15.4. The van der Waals surface area contributed by atoms with Gasteiger partial charge in [-0.15, -0.1) is 0 Å². The lowest BCUT2D eigenvalue weighted by Crippen LogP contribution is -2.46. The van der Waals surface area contributed by atoms with Crippen molar-refractivity contribution in [2.45, 2.75) is 20.5 Å². The third kappa shape index (κ3) is 3.23. The van der Waals surface area contributed by atoms with Gasteiger partial charge in [0, 0.05) is 50.5 Å². The fraction of sp³-hybridized carbons (Fsp3) is 0.500. The van der Waals surface area contributed by atoms with Gasteiger partial charge in [0.1, 0.15) is 6.61 Å². The van der Waals surface area contributed by atoms with Gasteiger partial charge in [0.15, 0.2) is 5.82 Å². The maximum atomic E-state index is 5.08. The van der Waals surface area contributed by atoms with Crippen molar-refractivity contribution < 1.29 is 4.74 Å². The van der Waals surface area contributed by atoms with Crippen LogP contribution in [0.25, 0.3) is 0 Å². The van der Waals surface area contributed by atoms with E-state index in [0.717, 1.165) is 37.1 Å². The Bertz CT molecular complexity index is 635. The van der Waals surface area contributed by atoms with Crippen molar-refractivity contribution in [2.75, 3.05) is 43.1 Å². The van der Waals surface area contributed by atoms with Crippen molar-refractivity contribution in [2.24, 2.45) is 0 Å². The van der Waals surface area contributed by atoms with E-state index >= 15 is 0 Å². The molecule has 0 bridgehead atoms. The summed E-state index contributed by atoms with van der Waals surface area (Å²) >= 11 is 1.46. The highest BCUT2D eigenvalue weighted by molar-refractivity contribution is 7.09. The number of aryl methyl sites for hydroxylation is 2. The molecule has 118 valence electrons. The lowest BCUT2D eigenvalue weighted by Gasteiger charge is -2.36. The van der Waals surface area contributed by atoms with Gasteiger partial charge in [-0.25, -0.2) is 4.98 Å². The van der Waals surface area contributed by atoms with E-state index in [1.54, 1.807) is 7.11 Å². The first-order chi connectivity index (χ1) is 10.7. The molecule has 1 aromatic heterocycles. The first kappa shape index (κ1) is 15.2. The summed E-state index contributed by atoms with van der Waals surface area (Å²) in [4.78, 5) is 9.33. The molecule has 2 aromatic rings. The maximum absolute atomic E-state index is 5.08. The van der Waals surface area contributed by atoms with Crippen molar-refractivity contribution in [1.29, 1.82) is 0 Å². The minimum Gasteiger partial charge on any atom is -0.377 e. The monoisotopic (exact) mass is 318 g/mol. The molecular weight excluding hydrogens is 296 g/mol. The van der Waals surface area contributed by atoms with Crippen molar-refractivity contribution >= 4 is 22.4 Å². The van der Waals surface area contributed by atoms with Crippen LogP contribution in [0.1, 0.15) is 17.0 Å². The van der Waals surface area contributed by atoms with Crippen LogP contribution in [0.15, 0.2) is 18.2 Å². The Kier molecular flexibility index (Phi) is 4.59. The van der Waals surface area contributed by atoms with Crippen molar-refractivity contribution in [1.82, 2.24) is 9.36 Å². The second-order valence-corrected chi connectivity index (χ2v) is 6.42. The maximum Gasteiger partial charge on any atom is 0.205 e. The number of methoxy groups -OCH3 is 1. The van der Waals surface area contributed by atoms with Gasteiger partial charge in [-0.05, 0) is 31.0 Å². The predicted molar refractivity (Wildman–Crippen MR) is 91.0 cm³/mol. The van der Waals surface area contributed by atoms with E-state index in [1.165, 1.54) is 28.3 Å². The van der Waals surface area contributed by atoms with Crippen LogP contribution in [0.5, 0.6) is 0 Å². The van der Waals surface area contributed by atoms with Crippen LogP contribution in [0.2, 0.25) is 0 Å². The Morgan fingerprint density at radius 2 is 1.86 bits per heavy atom. The van der Waals surface area contributed by atoms with E-state index in [2.05, 4.69) is 51.2 Å². The van der Waals surface area contributed by atoms with Crippen LogP contribution in [-0.4, -0.2) is 42.6 Å². The third-order valence-corrected chi connectivity index (χ3v) is 4.80. The third-order valence-electron chi connectivity index (χ3n) is 3.99. The van der Waals surface area contributed by atoms with E-state index in [-0.39, 0.29) is 0 Å². The van der Waals surface area contributed by atoms with Crippen LogP contribution in [0.4, 0.5) is 10.8 Å². The summed E-state index contributed by atoms with van der Waals surface area (Å²) in [5, 5.41) is 1.01. The summed E-state index contributed by atoms with van der Waals surface area (Å²) in [5.74, 6) is 0.777. The number of anilines is 2. The minimum absolute atomic E-state index is 0.485. The van der Waals surface area contributed by atoms with Gasteiger partial charge in [0.25, 0.3) is 0 Å². The van der Waals surface area contributed by atoms with Crippen LogP contribution < -0.4 is 9.80 Å². The lowest BCUT2D eigenvalue weighted by molar-refractivity contribution is 0.179. The molecule has 0 amide bonds. The second kappa shape index (κ2) is 6.62. The largest absolute Gasteiger partial charge is 0.377 e. The van der Waals surface area contributed by atoms with Crippen molar-refractivity contribution in [3.05, 3.63) is 35.2 Å². The second-order valence-electron chi connectivity index (χ2n) is 5.69. The zero-order valence-corrected chi connectivity index (χ0v) is 14.2. The summed E-state index contributed by atoms with van der Waals surface area (Å²) in [6.45, 7) is 8.82. The Balaban J connectivity index is 1.65. The SMILES string of the molecule is COCc1nsc(N2CCN(c3cc(C)ccc3C)CC2)n1. The van der Waals surface area contributed by atoms with Gasteiger partial charge in [-0.3, -0.25) is 0 Å². The van der Waals surface area contributed by atoms with Gasteiger partial charge in [0.2, 0.25) is 5.13 Å². The summed E-state index contributed by atoms with van der Waals surface area (Å²) in [7, 11) is 1.67. The summed E-state index contributed by atoms with van der Waals surface area (Å²) in [6, 6.07) is 6.67. The van der Waals surface area contributed by atoms with Crippen LogP contribution >= 0.6 is 11.5 Å². The molecule has 0 radical (unpaired) electrons. The van der Waals surface area contributed by atoms with Gasteiger partial charge in [0.05, 0.1) is 0 Å². The summed E-state index contributed by atoms with van der Waals surface area (Å²) in [6.07, 6.45) is 0. The van der Waals surface area contributed by atoms with E-state index in [0.29, 0.717) is 6.61 Å². The topological polar surface area (TPSA) is 41.5 Å². The average molecular weight is 318 g/mol. The number of piperazine rings is 1. The van der Waals surface area contributed by atoms with Gasteiger partial charge in [-0.2, -0.15) is 4.37 Å². The molecule has 0 saturated carbocycles. The number of benzene rings is 1. The standard InChI is InChI=1S/C16H22N4OS/c1-12-4-5-13(2)14(10-12)19-6-8-20(9-7-19)16-17-15(11-21-3)18-22-16/h4-5,10H,6-9,11H2,1-3H3. The Morgan fingerprint density at radius 3 is 2.59 bits per heavy atom. The Labute approximate surface area is 135 Å². The quantitative estimate of drug-likeness (QED) is 0.867. The Hall–Kier alpha value is -1.66. The molecule has 0 N–H and O–H groups in total. The van der Waals surface area contributed by atoms with Gasteiger partial charge in [-0.1, -0.05) is 12.1 Å². The van der Waals surface area contributed by atoms with Crippen molar-refractivity contribution in [3.8, 4) is 0 Å². The molecule has 22 heavy (non-hydrogen) atoms. The number of aromatic nitrogens is 2. The fourth-order valence-corrected chi connectivity index (χ4v) is 3.48. The van der Waals surface area contributed by atoms with Gasteiger partial charge < -0.3 is 14.5 Å². The van der Waals surface area contributed by atoms with E-state index in [4.69, 9.17) is 4.74 Å². The zero-order valence-electron chi connectivity index (χ0n) is 13.4. The number of ether oxygens (including phenoxy) is 1. The molecular formula is C16H22N4OS. The number of hydrogen-bond acceptors (Lipinski definition) is 6. The van der Waals surface area contributed by atoms with E-state index in [9.17, 15) is 0 Å². The first-order valence-corrected chi connectivity index (χ1v) is 8.33. The molecule has 3 rings (SSSR count). The first-order valence-electron chi connectivity index (χ1n) is 7.56. The Morgan fingerprint density at radius 1 is 1.14 bits per heavy atom. The molecule has 1 aliphatic rings. The molecule has 1 saturated heterocycles. The van der Waals surface area contributed by atoms with Crippen LogP contribution in [0, 0.1) is 13.8 Å². The van der Waals surface area contributed by atoms with Gasteiger partial charge >= 0.3 is 0 Å². The molecule has 1 aliphatic heterocycles. The highest BCUT2D eigenvalue weighted by Crippen LogP contribution is 2.25. The van der Waals surface area contributed by atoms with Crippen LogP contribution in [-0.2, 0) is 11.3 Å². The molecule has 1 fully saturated rings. The highest BCUT2D eigenvalue weighted by atomic mass is 32.1. The summed E-state index contributed by atoms with van der Waals surface area (Å²) in [5.41, 5.74) is 4.02. The average Bonchev–Trinajstić information content (AvgIpc) is 2.99. The fourth-order valence-electron chi connectivity index (χ4n) is 2.76. The predicted octanol–water partition coefficient (Wildman–Crippen LogP) is 2.63. The minimum atomic E-state index is 0.485.